The molecule has 2 heterocycles. The summed E-state index contributed by atoms with van der Waals surface area (Å²) in [5.41, 5.74) is 5.54. The molecule has 1 aliphatic heterocycles. The Morgan fingerprint density at radius 1 is 1.33 bits per heavy atom. The molecule has 0 atom stereocenters. The van der Waals surface area contributed by atoms with Gasteiger partial charge in [0.05, 0.1) is 13.1 Å². The Balaban J connectivity index is 1.82. The molecule has 8 nitrogen and oxygen atoms in total. The minimum Gasteiger partial charge on any atom is -0.409 e. The van der Waals surface area contributed by atoms with Crippen molar-refractivity contribution in [1.82, 2.24) is 24.6 Å². The zero-order chi connectivity index (χ0) is 15.2. The van der Waals surface area contributed by atoms with Crippen LogP contribution in [0.4, 0.5) is 0 Å². The minimum absolute atomic E-state index is 0.264. The lowest BCUT2D eigenvalue weighted by Gasteiger charge is -2.34. The van der Waals surface area contributed by atoms with Gasteiger partial charge in [0.25, 0.3) is 0 Å². The third-order valence-electron chi connectivity index (χ3n) is 3.58. The highest BCUT2D eigenvalue weighted by atomic mass is 16.4. The first-order valence-electron chi connectivity index (χ1n) is 7.36. The molecule has 0 unspecified atom stereocenters. The zero-order valence-electron chi connectivity index (χ0n) is 12.8. The lowest BCUT2D eigenvalue weighted by atomic mass is 10.2. The van der Waals surface area contributed by atoms with E-state index < -0.39 is 0 Å². The van der Waals surface area contributed by atoms with Crippen molar-refractivity contribution < 1.29 is 5.21 Å². The number of oxime groups is 1. The van der Waals surface area contributed by atoms with Crippen molar-refractivity contribution in [2.45, 2.75) is 26.9 Å². The summed E-state index contributed by atoms with van der Waals surface area (Å²) in [5, 5.41) is 15.9. The van der Waals surface area contributed by atoms with Crippen molar-refractivity contribution in [3.05, 3.63) is 12.2 Å². The molecule has 0 radical (unpaired) electrons. The van der Waals surface area contributed by atoms with Gasteiger partial charge in [-0.05, 0) is 5.92 Å². The van der Waals surface area contributed by atoms with Crippen LogP contribution in [0.1, 0.15) is 19.7 Å². The van der Waals surface area contributed by atoms with Crippen LogP contribution < -0.4 is 5.73 Å². The van der Waals surface area contributed by atoms with E-state index in [0.29, 0.717) is 12.5 Å². The number of hydrogen-bond acceptors (Lipinski definition) is 6. The van der Waals surface area contributed by atoms with E-state index in [9.17, 15) is 0 Å². The second-order valence-corrected chi connectivity index (χ2v) is 5.90. The van der Waals surface area contributed by atoms with Gasteiger partial charge in [0.15, 0.2) is 5.84 Å². The Bertz CT molecular complexity index is 463. The van der Waals surface area contributed by atoms with Crippen LogP contribution in [0, 0.1) is 5.92 Å². The van der Waals surface area contributed by atoms with Gasteiger partial charge in [-0.15, -0.1) is 0 Å². The van der Waals surface area contributed by atoms with Crippen LogP contribution in [0.2, 0.25) is 0 Å². The van der Waals surface area contributed by atoms with Crippen molar-refractivity contribution in [3.63, 3.8) is 0 Å². The minimum atomic E-state index is 0.264. The summed E-state index contributed by atoms with van der Waals surface area (Å²) in [6, 6.07) is 0. The van der Waals surface area contributed by atoms with Gasteiger partial charge in [0.2, 0.25) is 0 Å². The summed E-state index contributed by atoms with van der Waals surface area (Å²) >= 11 is 0. The third-order valence-corrected chi connectivity index (χ3v) is 3.58. The molecule has 0 saturated carbocycles. The van der Waals surface area contributed by atoms with Gasteiger partial charge in [-0.1, -0.05) is 19.0 Å². The van der Waals surface area contributed by atoms with E-state index in [1.165, 1.54) is 0 Å². The predicted octanol–water partition coefficient (Wildman–Crippen LogP) is -0.202. The first-order chi connectivity index (χ1) is 10.1. The fourth-order valence-electron chi connectivity index (χ4n) is 2.48. The van der Waals surface area contributed by atoms with E-state index in [1.54, 1.807) is 6.33 Å². The molecule has 1 aromatic heterocycles. The molecule has 8 heteroatoms. The van der Waals surface area contributed by atoms with Crippen LogP contribution >= 0.6 is 0 Å². The van der Waals surface area contributed by atoms with Crippen molar-refractivity contribution in [1.29, 1.82) is 0 Å². The first kappa shape index (κ1) is 15.7. The molecule has 1 aromatic rings. The molecule has 0 amide bonds. The van der Waals surface area contributed by atoms with E-state index in [4.69, 9.17) is 10.9 Å². The van der Waals surface area contributed by atoms with Gasteiger partial charge in [-0.3, -0.25) is 9.80 Å². The lowest BCUT2D eigenvalue weighted by Crippen LogP contribution is -2.48. The van der Waals surface area contributed by atoms with Gasteiger partial charge >= 0.3 is 0 Å². The Labute approximate surface area is 125 Å². The van der Waals surface area contributed by atoms with Crippen LogP contribution in [0.3, 0.4) is 0 Å². The molecule has 0 aromatic carbocycles. The highest BCUT2D eigenvalue weighted by Crippen LogP contribution is 2.08. The molecule has 1 fully saturated rings. The molecular weight excluding hydrogens is 270 g/mol. The quantitative estimate of drug-likeness (QED) is 0.326. The summed E-state index contributed by atoms with van der Waals surface area (Å²) in [6.07, 6.45) is 1.63. The Morgan fingerprint density at radius 3 is 2.62 bits per heavy atom. The Hall–Kier alpha value is -1.67. The highest BCUT2D eigenvalue weighted by molar-refractivity contribution is 5.81. The fourth-order valence-corrected chi connectivity index (χ4v) is 2.48. The smallest absolute Gasteiger partial charge is 0.153 e. The van der Waals surface area contributed by atoms with E-state index in [-0.39, 0.29) is 5.84 Å². The van der Waals surface area contributed by atoms with Crippen molar-refractivity contribution >= 4 is 5.84 Å². The number of hydrogen-bond donors (Lipinski definition) is 2. The second kappa shape index (κ2) is 7.37. The average Bonchev–Trinajstić information content (AvgIpc) is 2.87. The first-order valence-corrected chi connectivity index (χ1v) is 7.36. The van der Waals surface area contributed by atoms with Crippen molar-refractivity contribution in [2.75, 3.05) is 32.7 Å². The van der Waals surface area contributed by atoms with Crippen molar-refractivity contribution in [2.24, 2.45) is 16.8 Å². The van der Waals surface area contributed by atoms with Crippen LogP contribution in [-0.2, 0) is 13.1 Å². The number of amidine groups is 1. The SMILES string of the molecule is CC(C)Cn1ncnc1CN1CCN(CC(N)=NO)CC1. The second-order valence-electron chi connectivity index (χ2n) is 5.90. The molecule has 0 spiro atoms. The summed E-state index contributed by atoms with van der Waals surface area (Å²) in [6.45, 7) is 10.3. The lowest BCUT2D eigenvalue weighted by molar-refractivity contribution is 0.134. The van der Waals surface area contributed by atoms with Crippen LogP contribution in [-0.4, -0.2) is 68.3 Å². The summed E-state index contributed by atoms with van der Waals surface area (Å²) in [7, 11) is 0. The molecule has 2 rings (SSSR count). The maximum absolute atomic E-state index is 8.60. The summed E-state index contributed by atoms with van der Waals surface area (Å²) in [4.78, 5) is 8.92. The third kappa shape index (κ3) is 4.68. The Morgan fingerprint density at radius 2 is 2.00 bits per heavy atom. The van der Waals surface area contributed by atoms with Gasteiger partial charge in [0.1, 0.15) is 12.2 Å². The monoisotopic (exact) mass is 295 g/mol. The molecule has 21 heavy (non-hydrogen) atoms. The van der Waals surface area contributed by atoms with Gasteiger partial charge in [-0.2, -0.15) is 5.10 Å². The van der Waals surface area contributed by atoms with E-state index in [1.807, 2.05) is 4.68 Å². The maximum atomic E-state index is 8.60. The van der Waals surface area contributed by atoms with Gasteiger partial charge < -0.3 is 10.9 Å². The molecule has 0 bridgehead atoms. The number of nitrogens with zero attached hydrogens (tertiary/aromatic N) is 6. The number of piperazine rings is 1. The van der Waals surface area contributed by atoms with Crippen molar-refractivity contribution in [3.8, 4) is 0 Å². The summed E-state index contributed by atoms with van der Waals surface area (Å²) < 4.78 is 1.99. The number of nitrogens with two attached hydrogens (primary N) is 1. The molecular formula is C13H25N7O. The van der Waals surface area contributed by atoms with Crippen LogP contribution in [0.15, 0.2) is 11.5 Å². The Kier molecular flexibility index (Phi) is 5.51. The number of rotatable bonds is 6. The average molecular weight is 295 g/mol. The largest absolute Gasteiger partial charge is 0.409 e. The standard InChI is InChI=1S/C13H25N7O/c1-11(2)7-20-13(15-10-16-20)9-19-5-3-18(4-6-19)8-12(14)17-21/h10-11,21H,3-9H2,1-2H3,(H2,14,17). The van der Waals surface area contributed by atoms with Gasteiger partial charge in [0, 0.05) is 32.7 Å². The van der Waals surface area contributed by atoms with E-state index in [2.05, 4.69) is 38.9 Å². The molecule has 1 aliphatic rings. The highest BCUT2D eigenvalue weighted by Gasteiger charge is 2.19. The fraction of sp³-hybridized carbons (Fsp3) is 0.769. The van der Waals surface area contributed by atoms with E-state index in [0.717, 1.165) is 45.1 Å². The zero-order valence-corrected chi connectivity index (χ0v) is 12.8. The normalized spacial score (nSPS) is 18.5. The molecule has 3 N–H and O–H groups in total. The van der Waals surface area contributed by atoms with Gasteiger partial charge in [-0.25, -0.2) is 9.67 Å². The molecule has 0 aliphatic carbocycles. The maximum Gasteiger partial charge on any atom is 0.153 e. The predicted molar refractivity (Wildman–Crippen MR) is 80.0 cm³/mol. The van der Waals surface area contributed by atoms with Crippen LogP contribution in [0.25, 0.3) is 0 Å². The molecule has 118 valence electrons. The topological polar surface area (TPSA) is 95.8 Å². The number of aromatic nitrogens is 3. The molecule has 1 saturated heterocycles. The van der Waals surface area contributed by atoms with Crippen LogP contribution in [0.5, 0.6) is 0 Å². The summed E-state index contributed by atoms with van der Waals surface area (Å²) in [5.74, 6) is 1.84. The van der Waals surface area contributed by atoms with E-state index >= 15 is 0 Å².